The van der Waals surface area contributed by atoms with E-state index in [1.54, 1.807) is 21.0 Å². The molecule has 6 nitrogen and oxygen atoms in total. The molecule has 1 N–H and O–H groups in total. The van der Waals surface area contributed by atoms with Crippen LogP contribution in [0.1, 0.15) is 54.4 Å². The number of methoxy groups -OCH3 is 1. The molecule has 0 spiro atoms. The van der Waals surface area contributed by atoms with E-state index < -0.39 is 12.1 Å². The van der Waals surface area contributed by atoms with E-state index in [4.69, 9.17) is 9.47 Å². The Labute approximate surface area is 169 Å². The highest BCUT2D eigenvalue weighted by atomic mass is 32.1. The zero-order valence-corrected chi connectivity index (χ0v) is 17.3. The number of thiazole rings is 1. The van der Waals surface area contributed by atoms with E-state index in [0.717, 1.165) is 42.0 Å². The Kier molecular flexibility index (Phi) is 6.67. The molecule has 28 heavy (non-hydrogen) atoms. The first-order chi connectivity index (χ1) is 13.5. The largest absolute Gasteiger partial charge is 0.497 e. The lowest BCUT2D eigenvalue weighted by atomic mass is 9.95. The molecule has 1 aliphatic carbocycles. The van der Waals surface area contributed by atoms with Crippen LogP contribution in [0.5, 0.6) is 5.75 Å². The fourth-order valence-corrected chi connectivity index (χ4v) is 4.23. The number of carbonyl (C=O) groups is 2. The summed E-state index contributed by atoms with van der Waals surface area (Å²) < 4.78 is 10.6. The first-order valence-electron chi connectivity index (χ1n) is 9.61. The van der Waals surface area contributed by atoms with Crippen LogP contribution in [-0.4, -0.2) is 36.1 Å². The van der Waals surface area contributed by atoms with E-state index in [9.17, 15) is 9.59 Å². The number of benzene rings is 1. The highest BCUT2D eigenvalue weighted by Crippen LogP contribution is 2.30. The molecule has 0 aliphatic heterocycles. The van der Waals surface area contributed by atoms with Crippen molar-refractivity contribution in [1.82, 2.24) is 10.3 Å². The molecule has 1 atom stereocenters. The number of nitrogens with zero attached hydrogens (tertiary/aromatic N) is 1. The van der Waals surface area contributed by atoms with Gasteiger partial charge in [-0.25, -0.2) is 9.78 Å². The van der Waals surface area contributed by atoms with Crippen LogP contribution in [0.3, 0.4) is 0 Å². The molecule has 1 aromatic carbocycles. The first-order valence-corrected chi connectivity index (χ1v) is 10.4. The lowest BCUT2D eigenvalue weighted by Gasteiger charge is -2.24. The number of nitrogens with one attached hydrogen (secondary N) is 1. The van der Waals surface area contributed by atoms with Gasteiger partial charge in [0.25, 0.3) is 5.91 Å². The Morgan fingerprint density at radius 1 is 1.18 bits per heavy atom. The van der Waals surface area contributed by atoms with Gasteiger partial charge in [0.2, 0.25) is 0 Å². The predicted octanol–water partition coefficient (Wildman–Crippen LogP) is 4.12. The van der Waals surface area contributed by atoms with E-state index in [1.165, 1.54) is 17.8 Å². The van der Waals surface area contributed by atoms with Crippen molar-refractivity contribution in [2.45, 2.75) is 58.1 Å². The van der Waals surface area contributed by atoms with Crippen LogP contribution in [-0.2, 0) is 9.53 Å². The van der Waals surface area contributed by atoms with E-state index in [1.807, 2.05) is 24.3 Å². The number of ether oxygens (including phenoxy) is 2. The van der Waals surface area contributed by atoms with Gasteiger partial charge in [0.1, 0.15) is 15.6 Å². The van der Waals surface area contributed by atoms with E-state index in [-0.39, 0.29) is 11.9 Å². The molecule has 0 saturated heterocycles. The number of amides is 1. The first kappa shape index (κ1) is 20.3. The number of carbonyl (C=O) groups excluding carboxylic acids is 2. The van der Waals surface area contributed by atoms with Crippen molar-refractivity contribution in [3.05, 3.63) is 34.8 Å². The number of aromatic nitrogens is 1. The molecule has 7 heteroatoms. The maximum Gasteiger partial charge on any atom is 0.351 e. The Balaban J connectivity index is 1.63. The van der Waals surface area contributed by atoms with Gasteiger partial charge in [0.15, 0.2) is 6.10 Å². The number of rotatable bonds is 6. The molecule has 1 fully saturated rings. The van der Waals surface area contributed by atoms with Crippen LogP contribution in [0.25, 0.3) is 10.6 Å². The zero-order valence-electron chi connectivity index (χ0n) is 16.5. The molecule has 0 unspecified atom stereocenters. The summed E-state index contributed by atoms with van der Waals surface area (Å²) in [6.07, 6.45) is 4.64. The summed E-state index contributed by atoms with van der Waals surface area (Å²) in [6.45, 7) is 3.38. The second-order valence-corrected chi connectivity index (χ2v) is 8.05. The molecule has 0 radical (unpaired) electrons. The fourth-order valence-electron chi connectivity index (χ4n) is 3.28. The van der Waals surface area contributed by atoms with Crippen LogP contribution < -0.4 is 10.1 Å². The van der Waals surface area contributed by atoms with E-state index in [0.29, 0.717) is 10.6 Å². The smallest absolute Gasteiger partial charge is 0.351 e. The second-order valence-electron chi connectivity index (χ2n) is 7.05. The van der Waals surface area contributed by atoms with Gasteiger partial charge in [-0.1, -0.05) is 19.3 Å². The maximum atomic E-state index is 12.6. The van der Waals surface area contributed by atoms with Crippen molar-refractivity contribution in [1.29, 1.82) is 0 Å². The fraction of sp³-hybridized carbons (Fsp3) is 0.476. The summed E-state index contributed by atoms with van der Waals surface area (Å²) in [7, 11) is 1.61. The van der Waals surface area contributed by atoms with Gasteiger partial charge in [-0.2, -0.15) is 0 Å². The quantitative estimate of drug-likeness (QED) is 0.736. The monoisotopic (exact) mass is 402 g/mol. The third kappa shape index (κ3) is 4.90. The summed E-state index contributed by atoms with van der Waals surface area (Å²) in [5, 5.41) is 3.72. The number of esters is 1. The molecule has 2 aromatic rings. The lowest BCUT2D eigenvalue weighted by molar-refractivity contribution is -0.130. The van der Waals surface area contributed by atoms with Crippen LogP contribution in [0, 0.1) is 6.92 Å². The molecular formula is C21H26N2O4S. The Bertz CT molecular complexity index is 825. The number of aryl methyl sites for hydroxylation is 1. The minimum Gasteiger partial charge on any atom is -0.497 e. The summed E-state index contributed by atoms with van der Waals surface area (Å²) in [5.41, 5.74) is 1.50. The van der Waals surface area contributed by atoms with Crippen LogP contribution in [0.2, 0.25) is 0 Å². The topological polar surface area (TPSA) is 77.5 Å². The van der Waals surface area contributed by atoms with Crippen LogP contribution >= 0.6 is 11.3 Å². The van der Waals surface area contributed by atoms with Gasteiger partial charge in [-0.3, -0.25) is 4.79 Å². The van der Waals surface area contributed by atoms with Crippen LogP contribution in [0.4, 0.5) is 0 Å². The molecule has 1 aliphatic rings. The average Bonchev–Trinajstić information content (AvgIpc) is 3.10. The highest BCUT2D eigenvalue weighted by molar-refractivity contribution is 7.17. The van der Waals surface area contributed by atoms with E-state index in [2.05, 4.69) is 10.3 Å². The average molecular weight is 403 g/mol. The van der Waals surface area contributed by atoms with Gasteiger partial charge in [0.05, 0.1) is 12.8 Å². The predicted molar refractivity (Wildman–Crippen MR) is 109 cm³/mol. The molecule has 1 aromatic heterocycles. The Morgan fingerprint density at radius 2 is 1.86 bits per heavy atom. The third-order valence-corrected chi connectivity index (χ3v) is 6.11. The molecular weight excluding hydrogens is 376 g/mol. The zero-order chi connectivity index (χ0) is 20.1. The maximum absolute atomic E-state index is 12.6. The van der Waals surface area contributed by atoms with Crippen molar-refractivity contribution in [3.63, 3.8) is 0 Å². The van der Waals surface area contributed by atoms with E-state index >= 15 is 0 Å². The van der Waals surface area contributed by atoms with Gasteiger partial charge in [-0.05, 0) is 51.0 Å². The molecule has 0 bridgehead atoms. The Hall–Kier alpha value is -2.41. The third-order valence-electron chi connectivity index (χ3n) is 4.92. The Morgan fingerprint density at radius 3 is 2.50 bits per heavy atom. The normalized spacial score (nSPS) is 15.7. The standard InChI is InChI=1S/C21H26N2O4S/c1-13-18(28-20(22-13)15-9-11-17(26-3)12-10-15)21(25)27-14(2)19(24)23-16-7-5-4-6-8-16/h9-12,14,16H,4-8H2,1-3H3,(H,23,24)/t14-/m0/s1. The molecule has 1 heterocycles. The van der Waals surface area contributed by atoms with Gasteiger partial charge in [0, 0.05) is 11.6 Å². The van der Waals surface area contributed by atoms with Gasteiger partial charge in [-0.15, -0.1) is 11.3 Å². The summed E-state index contributed by atoms with van der Waals surface area (Å²) in [4.78, 5) is 29.8. The van der Waals surface area contributed by atoms with Crippen molar-refractivity contribution in [2.24, 2.45) is 0 Å². The molecule has 150 valence electrons. The van der Waals surface area contributed by atoms with Crippen molar-refractivity contribution in [2.75, 3.05) is 7.11 Å². The van der Waals surface area contributed by atoms with Crippen molar-refractivity contribution in [3.8, 4) is 16.3 Å². The minimum absolute atomic E-state index is 0.189. The van der Waals surface area contributed by atoms with Crippen molar-refractivity contribution < 1.29 is 19.1 Å². The summed E-state index contributed by atoms with van der Waals surface area (Å²) in [5.74, 6) is 0.00770. The van der Waals surface area contributed by atoms with Gasteiger partial charge >= 0.3 is 5.97 Å². The van der Waals surface area contributed by atoms with Crippen LogP contribution in [0.15, 0.2) is 24.3 Å². The summed E-state index contributed by atoms with van der Waals surface area (Å²) in [6, 6.07) is 7.68. The SMILES string of the molecule is COc1ccc(-c2nc(C)c(C(=O)O[C@@H](C)C(=O)NC3CCCCC3)s2)cc1. The minimum atomic E-state index is -0.833. The molecule has 3 rings (SSSR count). The summed E-state index contributed by atoms with van der Waals surface area (Å²) >= 11 is 1.27. The van der Waals surface area contributed by atoms with Crippen molar-refractivity contribution >= 4 is 23.2 Å². The highest BCUT2D eigenvalue weighted by Gasteiger charge is 2.25. The molecule has 1 saturated carbocycles. The number of hydrogen-bond acceptors (Lipinski definition) is 6. The molecule has 1 amide bonds. The lowest BCUT2D eigenvalue weighted by Crippen LogP contribution is -2.42. The van der Waals surface area contributed by atoms with Gasteiger partial charge < -0.3 is 14.8 Å². The number of hydrogen-bond donors (Lipinski definition) is 1. The second kappa shape index (κ2) is 9.19.